The van der Waals surface area contributed by atoms with Gasteiger partial charge in [0.15, 0.2) is 6.61 Å². The van der Waals surface area contributed by atoms with Gasteiger partial charge in [-0.25, -0.2) is 9.97 Å². The number of aromatic nitrogens is 2. The summed E-state index contributed by atoms with van der Waals surface area (Å²) in [6.07, 6.45) is 1.48. The molecule has 1 aromatic heterocycles. The Morgan fingerprint density at radius 3 is 2.79 bits per heavy atom. The summed E-state index contributed by atoms with van der Waals surface area (Å²) in [5, 5.41) is 2.74. The van der Waals surface area contributed by atoms with Crippen molar-refractivity contribution in [3.05, 3.63) is 54.1 Å². The van der Waals surface area contributed by atoms with Crippen LogP contribution in [0.5, 0.6) is 5.75 Å². The fraction of sp³-hybridized carbons (Fsp3) is 0.214. The van der Waals surface area contributed by atoms with Crippen molar-refractivity contribution in [3.8, 4) is 5.75 Å². The first kappa shape index (κ1) is 13.0. The number of nitrogens with one attached hydrogen (secondary N) is 1. The van der Waals surface area contributed by atoms with Crippen molar-refractivity contribution in [2.45, 2.75) is 13.5 Å². The second-order valence-corrected chi connectivity index (χ2v) is 4.03. The van der Waals surface area contributed by atoms with E-state index in [4.69, 9.17) is 4.74 Å². The summed E-state index contributed by atoms with van der Waals surface area (Å²) in [6, 6.07) is 11.1. The van der Waals surface area contributed by atoms with Crippen molar-refractivity contribution in [1.29, 1.82) is 0 Å². The van der Waals surface area contributed by atoms with Crippen LogP contribution in [0.15, 0.2) is 42.7 Å². The van der Waals surface area contributed by atoms with Crippen LogP contribution in [-0.2, 0) is 11.3 Å². The number of amides is 1. The molecule has 0 unspecified atom stereocenters. The number of para-hydroxylation sites is 1. The smallest absolute Gasteiger partial charge is 0.258 e. The molecule has 2 aromatic rings. The highest BCUT2D eigenvalue weighted by atomic mass is 16.5. The number of carbonyl (C=O) groups excluding carboxylic acids is 1. The fourth-order valence-corrected chi connectivity index (χ4v) is 1.51. The van der Waals surface area contributed by atoms with Gasteiger partial charge < -0.3 is 10.1 Å². The normalized spacial score (nSPS) is 9.95. The van der Waals surface area contributed by atoms with Crippen LogP contribution in [-0.4, -0.2) is 22.5 Å². The second-order valence-electron chi connectivity index (χ2n) is 4.03. The van der Waals surface area contributed by atoms with Crippen LogP contribution in [0.3, 0.4) is 0 Å². The molecule has 0 saturated carbocycles. The van der Waals surface area contributed by atoms with Crippen LogP contribution in [0.4, 0.5) is 0 Å². The largest absolute Gasteiger partial charge is 0.484 e. The first-order chi connectivity index (χ1) is 9.24. The van der Waals surface area contributed by atoms with Crippen LogP contribution in [0, 0.1) is 6.92 Å². The molecule has 0 radical (unpaired) electrons. The van der Waals surface area contributed by atoms with Crippen molar-refractivity contribution in [3.63, 3.8) is 0 Å². The molecule has 1 heterocycles. The molecule has 0 atom stereocenters. The zero-order valence-corrected chi connectivity index (χ0v) is 10.7. The summed E-state index contributed by atoms with van der Waals surface area (Å²) < 4.78 is 5.34. The van der Waals surface area contributed by atoms with Crippen LogP contribution >= 0.6 is 0 Å². The first-order valence-corrected chi connectivity index (χ1v) is 5.96. The van der Waals surface area contributed by atoms with E-state index in [9.17, 15) is 4.79 Å². The van der Waals surface area contributed by atoms with Gasteiger partial charge in [-0.05, 0) is 25.1 Å². The molecule has 0 aliphatic carbocycles. The van der Waals surface area contributed by atoms with E-state index in [0.717, 1.165) is 11.4 Å². The highest BCUT2D eigenvalue weighted by molar-refractivity contribution is 5.77. The number of nitrogens with zero attached hydrogens (tertiary/aromatic N) is 2. The number of carbonyl (C=O) groups is 1. The van der Waals surface area contributed by atoms with Gasteiger partial charge in [0.25, 0.3) is 5.91 Å². The topological polar surface area (TPSA) is 64.1 Å². The molecule has 1 amide bonds. The standard InChI is InChI=1S/C14H15N3O2/c1-11-7-12(17-10-16-11)8-15-14(18)9-19-13-5-3-2-4-6-13/h2-7,10H,8-9H2,1H3,(H,15,18). The minimum absolute atomic E-state index is 0.00587. The average Bonchev–Trinajstić information content (AvgIpc) is 2.44. The monoisotopic (exact) mass is 257 g/mol. The number of rotatable bonds is 5. The minimum Gasteiger partial charge on any atom is -0.484 e. The Bertz CT molecular complexity index is 543. The zero-order chi connectivity index (χ0) is 13.5. The molecule has 98 valence electrons. The van der Waals surface area contributed by atoms with E-state index in [1.165, 1.54) is 6.33 Å². The fourth-order valence-electron chi connectivity index (χ4n) is 1.51. The van der Waals surface area contributed by atoms with E-state index in [-0.39, 0.29) is 12.5 Å². The van der Waals surface area contributed by atoms with Gasteiger partial charge in [0.1, 0.15) is 12.1 Å². The number of ether oxygens (including phenoxy) is 1. The summed E-state index contributed by atoms with van der Waals surface area (Å²) in [7, 11) is 0. The first-order valence-electron chi connectivity index (χ1n) is 5.96. The Balaban J connectivity index is 1.76. The number of benzene rings is 1. The molecule has 19 heavy (non-hydrogen) atoms. The van der Waals surface area contributed by atoms with Crippen LogP contribution < -0.4 is 10.1 Å². The van der Waals surface area contributed by atoms with E-state index < -0.39 is 0 Å². The molecule has 5 nitrogen and oxygen atoms in total. The van der Waals surface area contributed by atoms with Crippen molar-refractivity contribution in [2.24, 2.45) is 0 Å². The van der Waals surface area contributed by atoms with Crippen molar-refractivity contribution >= 4 is 5.91 Å². The summed E-state index contributed by atoms with van der Waals surface area (Å²) in [5.74, 6) is 0.496. The van der Waals surface area contributed by atoms with Gasteiger partial charge in [0, 0.05) is 5.69 Å². The van der Waals surface area contributed by atoms with Gasteiger partial charge in [0.05, 0.1) is 12.2 Å². The van der Waals surface area contributed by atoms with Gasteiger partial charge in [0.2, 0.25) is 0 Å². The quantitative estimate of drug-likeness (QED) is 0.881. The lowest BCUT2D eigenvalue weighted by Gasteiger charge is -2.07. The third kappa shape index (κ3) is 4.39. The molecule has 0 spiro atoms. The third-order valence-corrected chi connectivity index (χ3v) is 2.44. The van der Waals surface area contributed by atoms with Crippen LogP contribution in [0.25, 0.3) is 0 Å². The molecular formula is C14H15N3O2. The SMILES string of the molecule is Cc1cc(CNC(=O)COc2ccccc2)ncn1. The lowest BCUT2D eigenvalue weighted by molar-refractivity contribution is -0.123. The highest BCUT2D eigenvalue weighted by Gasteiger charge is 2.03. The summed E-state index contributed by atoms with van der Waals surface area (Å²) >= 11 is 0. The van der Waals surface area contributed by atoms with Gasteiger partial charge in [-0.15, -0.1) is 0 Å². The number of hydrogen-bond donors (Lipinski definition) is 1. The zero-order valence-electron chi connectivity index (χ0n) is 10.7. The lowest BCUT2D eigenvalue weighted by Crippen LogP contribution is -2.28. The maximum atomic E-state index is 11.6. The third-order valence-electron chi connectivity index (χ3n) is 2.44. The van der Waals surface area contributed by atoms with Crippen LogP contribution in [0.2, 0.25) is 0 Å². The molecule has 1 aromatic carbocycles. The van der Waals surface area contributed by atoms with Crippen LogP contribution in [0.1, 0.15) is 11.4 Å². The Hall–Kier alpha value is -2.43. The average molecular weight is 257 g/mol. The van der Waals surface area contributed by atoms with Gasteiger partial charge in [-0.1, -0.05) is 18.2 Å². The van der Waals surface area contributed by atoms with E-state index in [1.54, 1.807) is 12.1 Å². The predicted octanol–water partition coefficient (Wildman–Crippen LogP) is 1.48. The van der Waals surface area contributed by atoms with E-state index in [2.05, 4.69) is 15.3 Å². The minimum atomic E-state index is -0.180. The molecule has 0 aliphatic rings. The maximum Gasteiger partial charge on any atom is 0.258 e. The Morgan fingerprint density at radius 1 is 1.26 bits per heavy atom. The molecule has 2 rings (SSSR count). The Kier molecular flexibility index (Phi) is 4.44. The molecule has 0 bridgehead atoms. The molecule has 1 N–H and O–H groups in total. The van der Waals surface area contributed by atoms with E-state index >= 15 is 0 Å². The van der Waals surface area contributed by atoms with Gasteiger partial charge >= 0.3 is 0 Å². The summed E-state index contributed by atoms with van der Waals surface area (Å²) in [6.45, 7) is 2.25. The maximum absolute atomic E-state index is 11.6. The highest BCUT2D eigenvalue weighted by Crippen LogP contribution is 2.07. The predicted molar refractivity (Wildman–Crippen MR) is 70.6 cm³/mol. The van der Waals surface area contributed by atoms with Crippen molar-refractivity contribution in [1.82, 2.24) is 15.3 Å². The Morgan fingerprint density at radius 2 is 2.05 bits per heavy atom. The van der Waals surface area contributed by atoms with Crippen molar-refractivity contribution in [2.75, 3.05) is 6.61 Å². The number of hydrogen-bond acceptors (Lipinski definition) is 4. The molecule has 0 saturated heterocycles. The van der Waals surface area contributed by atoms with E-state index in [1.807, 2.05) is 31.2 Å². The second kappa shape index (κ2) is 6.49. The number of aryl methyl sites for hydroxylation is 1. The molecule has 5 heteroatoms. The molecule has 0 aliphatic heterocycles. The summed E-state index contributed by atoms with van der Waals surface area (Å²) in [5.41, 5.74) is 1.65. The summed E-state index contributed by atoms with van der Waals surface area (Å²) in [4.78, 5) is 19.7. The Labute approximate surface area is 111 Å². The van der Waals surface area contributed by atoms with Crippen molar-refractivity contribution < 1.29 is 9.53 Å². The van der Waals surface area contributed by atoms with Gasteiger partial charge in [-0.2, -0.15) is 0 Å². The van der Waals surface area contributed by atoms with Gasteiger partial charge in [-0.3, -0.25) is 4.79 Å². The molecule has 0 fully saturated rings. The molecular weight excluding hydrogens is 242 g/mol. The lowest BCUT2D eigenvalue weighted by atomic mass is 10.3. The van der Waals surface area contributed by atoms with E-state index in [0.29, 0.717) is 12.3 Å².